The fourth-order valence-corrected chi connectivity index (χ4v) is 2.01. The molecule has 0 aliphatic heterocycles. The van der Waals surface area contributed by atoms with Gasteiger partial charge in [0.25, 0.3) is 0 Å². The number of aromatic nitrogens is 5. The topological polar surface area (TPSA) is 83.7 Å². The van der Waals surface area contributed by atoms with Crippen molar-refractivity contribution in [3.05, 3.63) is 48.1 Å². The predicted octanol–water partition coefficient (Wildman–Crippen LogP) is 1.80. The normalized spacial score (nSPS) is 11.2. The summed E-state index contributed by atoms with van der Waals surface area (Å²) < 4.78 is 5.65. The van der Waals surface area contributed by atoms with Crippen LogP contribution in [-0.2, 0) is 13.1 Å². The largest absolute Gasteiger partial charge is 0.419 e. The molecule has 0 spiro atoms. The van der Waals surface area contributed by atoms with Gasteiger partial charge in [0.1, 0.15) is 5.82 Å². The molecule has 0 atom stereocenters. The molecule has 7 nitrogen and oxygen atoms in total. The minimum Gasteiger partial charge on any atom is -0.419 e. The van der Waals surface area contributed by atoms with Crippen molar-refractivity contribution in [1.29, 1.82) is 0 Å². The Morgan fingerprint density at radius 3 is 2.86 bits per heavy atom. The lowest BCUT2D eigenvalue weighted by atomic mass is 10.3. The van der Waals surface area contributed by atoms with Crippen LogP contribution >= 0.6 is 0 Å². The van der Waals surface area contributed by atoms with E-state index in [-0.39, 0.29) is 0 Å². The summed E-state index contributed by atoms with van der Waals surface area (Å²) in [6.07, 6.45) is 5.23. The fraction of sp³-hybridized carbons (Fsp3) is 0.286. The third-order valence-corrected chi connectivity index (χ3v) is 2.96. The van der Waals surface area contributed by atoms with E-state index in [1.165, 1.54) is 0 Å². The van der Waals surface area contributed by atoms with Gasteiger partial charge in [0, 0.05) is 24.3 Å². The molecule has 3 aromatic rings. The van der Waals surface area contributed by atoms with E-state index in [4.69, 9.17) is 4.42 Å². The lowest BCUT2D eigenvalue weighted by molar-refractivity contribution is 0.277. The summed E-state index contributed by atoms with van der Waals surface area (Å²) in [5.74, 6) is 1.97. The van der Waals surface area contributed by atoms with E-state index in [1.54, 1.807) is 12.4 Å². The minimum absolute atomic E-state index is 0.486. The molecular weight excluding hydrogens is 268 g/mol. The molecule has 108 valence electrons. The van der Waals surface area contributed by atoms with E-state index in [0.717, 1.165) is 17.1 Å². The zero-order valence-electron chi connectivity index (χ0n) is 11.9. The monoisotopic (exact) mass is 284 g/mol. The van der Waals surface area contributed by atoms with Crippen LogP contribution in [0.4, 0.5) is 0 Å². The van der Waals surface area contributed by atoms with Gasteiger partial charge in [-0.15, -0.1) is 10.2 Å². The van der Waals surface area contributed by atoms with Crippen molar-refractivity contribution in [2.75, 3.05) is 7.05 Å². The van der Waals surface area contributed by atoms with Gasteiger partial charge in [-0.3, -0.25) is 9.88 Å². The van der Waals surface area contributed by atoms with Crippen LogP contribution in [0.1, 0.15) is 17.4 Å². The maximum absolute atomic E-state index is 5.65. The van der Waals surface area contributed by atoms with Crippen molar-refractivity contribution in [2.24, 2.45) is 0 Å². The summed E-state index contributed by atoms with van der Waals surface area (Å²) in [6.45, 7) is 3.24. The Balaban J connectivity index is 1.64. The fourth-order valence-electron chi connectivity index (χ4n) is 2.01. The Morgan fingerprint density at radius 1 is 1.24 bits per heavy atom. The van der Waals surface area contributed by atoms with Gasteiger partial charge in [0.15, 0.2) is 0 Å². The van der Waals surface area contributed by atoms with E-state index < -0.39 is 0 Å². The third kappa shape index (κ3) is 3.32. The number of imidazole rings is 1. The zero-order valence-corrected chi connectivity index (χ0v) is 11.9. The first-order valence-electron chi connectivity index (χ1n) is 6.62. The molecule has 0 aliphatic rings. The number of pyridine rings is 1. The van der Waals surface area contributed by atoms with Crippen LogP contribution in [0.5, 0.6) is 0 Å². The Morgan fingerprint density at radius 2 is 2.14 bits per heavy atom. The summed E-state index contributed by atoms with van der Waals surface area (Å²) in [7, 11) is 1.98. The van der Waals surface area contributed by atoms with Gasteiger partial charge < -0.3 is 9.40 Å². The van der Waals surface area contributed by atoms with Crippen molar-refractivity contribution in [2.45, 2.75) is 20.0 Å². The summed E-state index contributed by atoms with van der Waals surface area (Å²) in [5.41, 5.74) is 1.87. The van der Waals surface area contributed by atoms with Crippen LogP contribution in [0, 0.1) is 6.92 Å². The van der Waals surface area contributed by atoms with E-state index in [9.17, 15) is 0 Å². The number of H-pyrrole nitrogens is 1. The molecule has 0 aromatic carbocycles. The van der Waals surface area contributed by atoms with E-state index in [0.29, 0.717) is 24.9 Å². The van der Waals surface area contributed by atoms with E-state index in [2.05, 4.69) is 30.0 Å². The predicted molar refractivity (Wildman–Crippen MR) is 76.0 cm³/mol. The molecule has 0 bridgehead atoms. The number of rotatable bonds is 5. The summed E-state index contributed by atoms with van der Waals surface area (Å²) in [6, 6.07) is 3.73. The van der Waals surface area contributed by atoms with Crippen LogP contribution in [0.15, 0.2) is 35.1 Å². The number of nitrogens with one attached hydrogen (secondary N) is 1. The highest BCUT2D eigenvalue weighted by Crippen LogP contribution is 2.16. The van der Waals surface area contributed by atoms with Gasteiger partial charge in [-0.25, -0.2) is 4.98 Å². The summed E-state index contributed by atoms with van der Waals surface area (Å²) in [5, 5.41) is 8.11. The Kier molecular flexibility index (Phi) is 3.74. The molecule has 0 saturated carbocycles. The second-order valence-corrected chi connectivity index (χ2v) is 4.93. The van der Waals surface area contributed by atoms with Gasteiger partial charge in [-0.1, -0.05) is 0 Å². The Labute approximate surface area is 122 Å². The standard InChI is InChI=1S/C14H16N6O/c1-10-6-16-12(17-10)8-20(2)9-13-18-19-14(21-13)11-4-3-5-15-7-11/h3-7H,8-9H2,1-2H3,(H,16,17). The molecule has 7 heteroatoms. The molecule has 1 N–H and O–H groups in total. The number of nitrogens with zero attached hydrogens (tertiary/aromatic N) is 5. The number of aryl methyl sites for hydroxylation is 1. The smallest absolute Gasteiger partial charge is 0.249 e. The van der Waals surface area contributed by atoms with Gasteiger partial charge >= 0.3 is 0 Å². The second kappa shape index (κ2) is 5.84. The maximum atomic E-state index is 5.65. The van der Waals surface area contributed by atoms with Crippen molar-refractivity contribution >= 4 is 0 Å². The van der Waals surface area contributed by atoms with Crippen LogP contribution in [0.25, 0.3) is 11.5 Å². The molecule has 21 heavy (non-hydrogen) atoms. The highest BCUT2D eigenvalue weighted by atomic mass is 16.4. The summed E-state index contributed by atoms with van der Waals surface area (Å²) >= 11 is 0. The second-order valence-electron chi connectivity index (χ2n) is 4.93. The van der Waals surface area contributed by atoms with Gasteiger partial charge in [0.2, 0.25) is 11.8 Å². The third-order valence-electron chi connectivity index (χ3n) is 2.96. The Bertz CT molecular complexity index is 705. The minimum atomic E-state index is 0.486. The molecule has 0 amide bonds. The molecule has 0 aliphatic carbocycles. The van der Waals surface area contributed by atoms with Crippen LogP contribution in [0.2, 0.25) is 0 Å². The highest BCUT2D eigenvalue weighted by molar-refractivity contribution is 5.49. The molecule has 3 aromatic heterocycles. The highest BCUT2D eigenvalue weighted by Gasteiger charge is 2.11. The number of hydrogen-bond donors (Lipinski definition) is 1. The number of aromatic amines is 1. The van der Waals surface area contributed by atoms with Crippen LogP contribution < -0.4 is 0 Å². The molecule has 3 rings (SSSR count). The SMILES string of the molecule is Cc1cnc(CN(C)Cc2nnc(-c3cccnc3)o2)[nH]1. The average molecular weight is 284 g/mol. The first-order chi connectivity index (χ1) is 10.2. The summed E-state index contributed by atoms with van der Waals surface area (Å²) in [4.78, 5) is 13.6. The maximum Gasteiger partial charge on any atom is 0.249 e. The molecule has 0 saturated heterocycles. The van der Waals surface area contributed by atoms with E-state index in [1.807, 2.05) is 32.3 Å². The molecular formula is C14H16N6O. The zero-order chi connectivity index (χ0) is 14.7. The van der Waals surface area contributed by atoms with Crippen LogP contribution in [0.3, 0.4) is 0 Å². The molecule has 0 radical (unpaired) electrons. The lowest BCUT2D eigenvalue weighted by Gasteiger charge is -2.11. The van der Waals surface area contributed by atoms with Crippen molar-refractivity contribution in [3.8, 4) is 11.5 Å². The van der Waals surface area contributed by atoms with E-state index >= 15 is 0 Å². The molecule has 0 fully saturated rings. The van der Waals surface area contributed by atoms with Gasteiger partial charge in [-0.2, -0.15) is 0 Å². The van der Waals surface area contributed by atoms with Crippen LogP contribution in [-0.4, -0.2) is 37.1 Å². The first-order valence-corrected chi connectivity index (χ1v) is 6.62. The van der Waals surface area contributed by atoms with Crippen molar-refractivity contribution in [3.63, 3.8) is 0 Å². The first kappa shape index (κ1) is 13.4. The number of hydrogen-bond acceptors (Lipinski definition) is 6. The Hall–Kier alpha value is -2.54. The molecule has 0 unspecified atom stereocenters. The quantitative estimate of drug-likeness (QED) is 0.769. The molecule has 3 heterocycles. The lowest BCUT2D eigenvalue weighted by Crippen LogP contribution is -2.18. The van der Waals surface area contributed by atoms with Gasteiger partial charge in [0.05, 0.1) is 18.7 Å². The van der Waals surface area contributed by atoms with Crippen molar-refractivity contribution < 1.29 is 4.42 Å². The average Bonchev–Trinajstić information content (AvgIpc) is 3.09. The van der Waals surface area contributed by atoms with Crippen molar-refractivity contribution in [1.82, 2.24) is 30.0 Å². The van der Waals surface area contributed by atoms with Gasteiger partial charge in [-0.05, 0) is 26.1 Å².